The molecule has 4 aromatic rings. The predicted molar refractivity (Wildman–Crippen MR) is 150 cm³/mol. The van der Waals surface area contributed by atoms with Crippen LogP contribution in [0.5, 0.6) is 0 Å². The number of rotatable bonds is 7. The van der Waals surface area contributed by atoms with Crippen LogP contribution in [0.4, 0.5) is 11.9 Å². The average Bonchev–Trinajstić information content (AvgIpc) is 2.99. The number of piperazine rings is 1. The van der Waals surface area contributed by atoms with Crippen LogP contribution in [0.25, 0.3) is 0 Å². The van der Waals surface area contributed by atoms with Gasteiger partial charge in [0.2, 0.25) is 11.9 Å². The minimum absolute atomic E-state index is 0.595. The fourth-order valence-electron chi connectivity index (χ4n) is 5.37. The number of nitrogens with one attached hydrogen (secondary N) is 1. The number of anilines is 2. The first-order valence-corrected chi connectivity index (χ1v) is 13.6. The van der Waals surface area contributed by atoms with Crippen molar-refractivity contribution in [2.24, 2.45) is 0 Å². The maximum Gasteiger partial charge on any atom is 0.228 e. The molecule has 1 unspecified atom stereocenters. The van der Waals surface area contributed by atoms with Crippen LogP contribution < -0.4 is 15.1 Å². The molecule has 0 aliphatic carbocycles. The smallest absolute Gasteiger partial charge is 0.228 e. The molecule has 2 aliphatic heterocycles. The lowest BCUT2D eigenvalue weighted by Gasteiger charge is -2.34. The fraction of sp³-hybridized carbons (Fsp3) is 0.367. The van der Waals surface area contributed by atoms with Gasteiger partial charge in [0.05, 0.1) is 0 Å². The zero-order valence-electron chi connectivity index (χ0n) is 21.7. The molecule has 2 aromatic heterocycles. The van der Waals surface area contributed by atoms with Gasteiger partial charge in [0, 0.05) is 58.0 Å². The molecule has 0 bridgehead atoms. The third kappa shape index (κ3) is 5.97. The largest absolute Gasteiger partial charge is 0.337 e. The fourth-order valence-corrected chi connectivity index (χ4v) is 5.37. The molecule has 6 rings (SSSR count). The summed E-state index contributed by atoms with van der Waals surface area (Å²) < 4.78 is 0. The van der Waals surface area contributed by atoms with Crippen molar-refractivity contribution in [3.8, 4) is 0 Å². The van der Waals surface area contributed by atoms with E-state index in [9.17, 15) is 0 Å². The molecular weight excluding hydrogens is 472 g/mol. The van der Waals surface area contributed by atoms with Gasteiger partial charge in [-0.1, -0.05) is 54.6 Å². The van der Waals surface area contributed by atoms with Crippen molar-refractivity contribution in [1.29, 1.82) is 0 Å². The van der Waals surface area contributed by atoms with E-state index in [2.05, 4.69) is 83.6 Å². The van der Waals surface area contributed by atoms with Gasteiger partial charge in [-0.3, -0.25) is 0 Å². The number of piperidine rings is 1. The van der Waals surface area contributed by atoms with Crippen molar-refractivity contribution >= 4 is 11.9 Å². The van der Waals surface area contributed by atoms with Crippen LogP contribution in [0.2, 0.25) is 0 Å². The normalized spacial score (nSPS) is 17.9. The van der Waals surface area contributed by atoms with Crippen LogP contribution in [0, 0.1) is 0 Å². The van der Waals surface area contributed by atoms with Crippen molar-refractivity contribution in [1.82, 2.24) is 30.2 Å². The second-order valence-corrected chi connectivity index (χ2v) is 10.2. The van der Waals surface area contributed by atoms with E-state index < -0.39 is 0 Å². The third-order valence-electron chi connectivity index (χ3n) is 7.48. The van der Waals surface area contributed by atoms with Gasteiger partial charge in [0.25, 0.3) is 0 Å². The average molecular weight is 507 g/mol. The molecule has 0 amide bonds. The molecule has 0 spiro atoms. The zero-order valence-corrected chi connectivity index (χ0v) is 21.7. The Labute approximate surface area is 224 Å². The number of nitrogens with zero attached hydrogens (tertiary/aromatic N) is 7. The summed E-state index contributed by atoms with van der Waals surface area (Å²) in [6.45, 7) is 5.50. The summed E-state index contributed by atoms with van der Waals surface area (Å²) in [5.41, 5.74) is 5.05. The van der Waals surface area contributed by atoms with E-state index in [0.29, 0.717) is 12.3 Å². The molecule has 0 radical (unpaired) electrons. The lowest BCUT2D eigenvalue weighted by Crippen LogP contribution is -2.47. The maximum absolute atomic E-state index is 4.82. The van der Waals surface area contributed by atoms with Crippen LogP contribution >= 0.6 is 0 Å². The van der Waals surface area contributed by atoms with Crippen molar-refractivity contribution in [2.75, 3.05) is 49.1 Å². The Balaban J connectivity index is 1.05. The molecule has 2 fully saturated rings. The van der Waals surface area contributed by atoms with Crippen LogP contribution in [0.3, 0.4) is 0 Å². The first kappa shape index (κ1) is 24.4. The van der Waals surface area contributed by atoms with E-state index in [4.69, 9.17) is 4.98 Å². The van der Waals surface area contributed by atoms with Gasteiger partial charge in [0.1, 0.15) is 12.2 Å². The van der Waals surface area contributed by atoms with E-state index in [1.165, 1.54) is 29.5 Å². The topological polar surface area (TPSA) is 83.0 Å². The molecule has 2 aromatic carbocycles. The summed E-state index contributed by atoms with van der Waals surface area (Å²) in [4.78, 5) is 27.6. The van der Waals surface area contributed by atoms with Crippen LogP contribution in [-0.4, -0.2) is 64.2 Å². The summed E-state index contributed by atoms with van der Waals surface area (Å²) in [6, 6.07) is 19.3. The summed E-state index contributed by atoms with van der Waals surface area (Å²) in [7, 11) is 0. The maximum atomic E-state index is 4.82. The summed E-state index contributed by atoms with van der Waals surface area (Å²) in [5.74, 6) is 2.94. The van der Waals surface area contributed by atoms with Crippen molar-refractivity contribution in [3.63, 3.8) is 0 Å². The van der Waals surface area contributed by atoms with Gasteiger partial charge in [0.15, 0.2) is 0 Å². The van der Waals surface area contributed by atoms with E-state index >= 15 is 0 Å². The Morgan fingerprint density at radius 3 is 2.26 bits per heavy atom. The molecule has 4 heterocycles. The van der Waals surface area contributed by atoms with E-state index in [1.54, 1.807) is 6.33 Å². The number of hydrogen-bond donors (Lipinski definition) is 1. The minimum atomic E-state index is 0.595. The Hall–Kier alpha value is -3.91. The Kier molecular flexibility index (Phi) is 7.49. The van der Waals surface area contributed by atoms with Gasteiger partial charge < -0.3 is 15.1 Å². The molecule has 1 N–H and O–H groups in total. The molecule has 194 valence electrons. The molecule has 38 heavy (non-hydrogen) atoms. The summed E-state index contributed by atoms with van der Waals surface area (Å²) >= 11 is 0. The van der Waals surface area contributed by atoms with Gasteiger partial charge in [-0.25, -0.2) is 19.9 Å². The van der Waals surface area contributed by atoms with Gasteiger partial charge >= 0.3 is 0 Å². The first-order chi connectivity index (χ1) is 18.8. The second kappa shape index (κ2) is 11.6. The van der Waals surface area contributed by atoms with Crippen molar-refractivity contribution in [3.05, 3.63) is 101 Å². The number of benzene rings is 2. The standard InChI is InChI=1S/C30H34N8/c1-2-6-23(7-3-1)16-25-19-32-29(33-20-25)37-12-14-38(15-13-37)30-35-22-34-28(36-30)18-24-8-4-9-26(17-24)27-10-5-11-31-21-27/h1-4,6-9,17,19-20,22,27,31H,5,10-16,18,21H2. The van der Waals surface area contributed by atoms with E-state index in [1.807, 2.05) is 18.5 Å². The van der Waals surface area contributed by atoms with Crippen molar-refractivity contribution in [2.45, 2.75) is 31.6 Å². The molecule has 2 saturated heterocycles. The van der Waals surface area contributed by atoms with Crippen LogP contribution in [-0.2, 0) is 12.8 Å². The minimum Gasteiger partial charge on any atom is -0.337 e. The molecule has 1 atom stereocenters. The quantitative estimate of drug-likeness (QED) is 0.407. The molecule has 2 aliphatic rings. The zero-order chi connectivity index (χ0) is 25.6. The Bertz CT molecular complexity index is 1310. The first-order valence-electron chi connectivity index (χ1n) is 13.6. The summed E-state index contributed by atoms with van der Waals surface area (Å²) in [6.07, 6.45) is 9.59. The van der Waals surface area contributed by atoms with Gasteiger partial charge in [-0.2, -0.15) is 4.98 Å². The third-order valence-corrected chi connectivity index (χ3v) is 7.48. The van der Waals surface area contributed by atoms with Crippen LogP contribution in [0.1, 0.15) is 46.8 Å². The highest BCUT2D eigenvalue weighted by Gasteiger charge is 2.21. The highest BCUT2D eigenvalue weighted by atomic mass is 15.4. The van der Waals surface area contributed by atoms with Gasteiger partial charge in [-0.05, 0) is 47.6 Å². The Morgan fingerprint density at radius 2 is 1.50 bits per heavy atom. The van der Waals surface area contributed by atoms with Gasteiger partial charge in [-0.15, -0.1) is 0 Å². The molecule has 8 nitrogen and oxygen atoms in total. The second-order valence-electron chi connectivity index (χ2n) is 10.2. The van der Waals surface area contributed by atoms with E-state index in [-0.39, 0.29) is 0 Å². The lowest BCUT2D eigenvalue weighted by atomic mass is 9.90. The lowest BCUT2D eigenvalue weighted by molar-refractivity contribution is 0.461. The molecular formula is C30H34N8. The summed E-state index contributed by atoms with van der Waals surface area (Å²) in [5, 5.41) is 3.52. The monoisotopic (exact) mass is 506 g/mol. The Morgan fingerprint density at radius 1 is 0.737 bits per heavy atom. The van der Waals surface area contributed by atoms with E-state index in [0.717, 1.165) is 69.0 Å². The highest BCUT2D eigenvalue weighted by Crippen LogP contribution is 2.24. The van der Waals surface area contributed by atoms with Crippen molar-refractivity contribution < 1.29 is 0 Å². The number of hydrogen-bond acceptors (Lipinski definition) is 8. The molecule has 8 heteroatoms. The molecule has 0 saturated carbocycles. The predicted octanol–water partition coefficient (Wildman–Crippen LogP) is 3.64. The SMILES string of the molecule is c1ccc(Cc2cnc(N3CCN(c4ncnc(Cc5cccc(C6CCCNC6)c5)n4)CC3)nc2)cc1. The highest BCUT2D eigenvalue weighted by molar-refractivity contribution is 5.38. The number of aromatic nitrogens is 5. The van der Waals surface area contributed by atoms with Crippen LogP contribution in [0.15, 0.2) is 73.3 Å².